The van der Waals surface area contributed by atoms with Gasteiger partial charge in [0.15, 0.2) is 6.10 Å². The van der Waals surface area contributed by atoms with Gasteiger partial charge in [-0.3, -0.25) is 9.59 Å². The Bertz CT molecular complexity index is 831. The maximum Gasteiger partial charge on any atom is 0.306 e. The molecule has 0 unspecified atom stereocenters. The second-order valence-corrected chi connectivity index (χ2v) is 10.6. The van der Waals surface area contributed by atoms with Gasteiger partial charge in [0, 0.05) is 36.9 Å². The normalized spacial score (nSPS) is 28.1. The van der Waals surface area contributed by atoms with E-state index in [-0.39, 0.29) is 42.7 Å². The molecule has 3 rings (SSSR count). The summed E-state index contributed by atoms with van der Waals surface area (Å²) in [6.45, 7) is 5.86. The van der Waals surface area contributed by atoms with E-state index in [2.05, 4.69) is 13.8 Å². The van der Waals surface area contributed by atoms with Gasteiger partial charge in [-0.05, 0) is 37.8 Å². The van der Waals surface area contributed by atoms with Crippen LogP contribution in [0.25, 0.3) is 0 Å². The third-order valence-corrected chi connectivity index (χ3v) is 7.64. The Balaban J connectivity index is 1.90. The monoisotopic (exact) mass is 534 g/mol. The lowest BCUT2D eigenvalue weighted by atomic mass is 9.92. The fraction of sp³-hybridized carbons (Fsp3) is 0.655. The Hall–Kier alpha value is -1.87. The Morgan fingerprint density at radius 3 is 2.38 bits per heavy atom. The largest absolute Gasteiger partial charge is 0.463 e. The number of unbranched alkanes of at least 4 members (excludes halogenated alkanes) is 2. The van der Waals surface area contributed by atoms with Crippen molar-refractivity contribution >= 4 is 23.7 Å². The SMILES string of the molecule is CCCCOC[C@@H]1[C@@H](OCCCC)[C@@H]2OC(=O)CC/C=C/CCC(=O)OC[C@H]2O[C@H]1Sc1ccccc1. The molecule has 1 aromatic carbocycles. The van der Waals surface area contributed by atoms with Gasteiger partial charge in [0.05, 0.1) is 6.61 Å². The minimum atomic E-state index is -0.700. The maximum atomic E-state index is 12.8. The van der Waals surface area contributed by atoms with Crippen molar-refractivity contribution in [2.75, 3.05) is 26.4 Å². The lowest BCUT2D eigenvalue weighted by Gasteiger charge is -2.45. The van der Waals surface area contributed by atoms with Crippen molar-refractivity contribution in [3.63, 3.8) is 0 Å². The quantitative estimate of drug-likeness (QED) is 0.203. The molecule has 1 saturated heterocycles. The zero-order chi connectivity index (χ0) is 26.3. The number of rotatable bonds is 11. The molecule has 0 radical (unpaired) electrons. The Morgan fingerprint density at radius 1 is 0.946 bits per heavy atom. The second-order valence-electron chi connectivity index (χ2n) is 9.44. The summed E-state index contributed by atoms with van der Waals surface area (Å²) in [5, 5.41) is 0. The van der Waals surface area contributed by atoms with Crippen molar-refractivity contribution in [2.24, 2.45) is 5.92 Å². The first-order valence-corrected chi connectivity index (χ1v) is 14.6. The molecule has 0 amide bonds. The lowest BCUT2D eigenvalue weighted by molar-refractivity contribution is -0.227. The minimum Gasteiger partial charge on any atom is -0.463 e. The first kappa shape index (κ1) is 29.7. The number of carbonyl (C=O) groups excluding carboxylic acids is 2. The molecular weight excluding hydrogens is 492 g/mol. The van der Waals surface area contributed by atoms with Crippen LogP contribution >= 0.6 is 11.8 Å². The van der Waals surface area contributed by atoms with Crippen LogP contribution in [0.4, 0.5) is 0 Å². The fourth-order valence-electron chi connectivity index (χ4n) is 4.30. The van der Waals surface area contributed by atoms with E-state index < -0.39 is 18.3 Å². The van der Waals surface area contributed by atoms with Gasteiger partial charge in [0.1, 0.15) is 24.3 Å². The van der Waals surface area contributed by atoms with Crippen molar-refractivity contribution in [2.45, 2.75) is 93.9 Å². The topological polar surface area (TPSA) is 80.3 Å². The Kier molecular flexibility index (Phi) is 13.5. The zero-order valence-electron chi connectivity index (χ0n) is 22.2. The molecular formula is C29H42O7S. The van der Waals surface area contributed by atoms with E-state index in [1.165, 1.54) is 0 Å². The van der Waals surface area contributed by atoms with Gasteiger partial charge < -0.3 is 23.7 Å². The number of carbonyl (C=O) groups is 2. The summed E-state index contributed by atoms with van der Waals surface area (Å²) >= 11 is 1.60. The molecule has 0 bridgehead atoms. The average molecular weight is 535 g/mol. The van der Waals surface area contributed by atoms with Crippen LogP contribution in [-0.4, -0.2) is 62.1 Å². The van der Waals surface area contributed by atoms with Crippen molar-refractivity contribution in [1.29, 1.82) is 0 Å². The van der Waals surface area contributed by atoms with Crippen LogP contribution in [0.1, 0.15) is 65.2 Å². The number of cyclic esters (lactones) is 1. The first-order chi connectivity index (χ1) is 18.1. The summed E-state index contributed by atoms with van der Waals surface area (Å²) < 4.78 is 30.7. The highest BCUT2D eigenvalue weighted by Gasteiger charge is 2.49. The molecule has 0 aliphatic carbocycles. The van der Waals surface area contributed by atoms with Gasteiger partial charge in [-0.1, -0.05) is 68.8 Å². The molecule has 0 saturated carbocycles. The third kappa shape index (κ3) is 10.1. The molecule has 1 fully saturated rings. The number of hydrogen-bond donors (Lipinski definition) is 0. The highest BCUT2D eigenvalue weighted by molar-refractivity contribution is 7.99. The van der Waals surface area contributed by atoms with Gasteiger partial charge in [0.2, 0.25) is 0 Å². The number of allylic oxidation sites excluding steroid dienone is 2. The molecule has 206 valence electrons. The lowest BCUT2D eigenvalue weighted by Crippen LogP contribution is -2.58. The van der Waals surface area contributed by atoms with E-state index >= 15 is 0 Å². The first-order valence-electron chi connectivity index (χ1n) is 13.7. The van der Waals surface area contributed by atoms with E-state index in [0.717, 1.165) is 30.6 Å². The van der Waals surface area contributed by atoms with Gasteiger partial charge >= 0.3 is 11.9 Å². The molecule has 2 heterocycles. The van der Waals surface area contributed by atoms with Crippen LogP contribution in [0.5, 0.6) is 0 Å². The predicted octanol–water partition coefficient (Wildman–Crippen LogP) is 5.71. The van der Waals surface area contributed by atoms with Gasteiger partial charge in [-0.25, -0.2) is 0 Å². The number of fused-ring (bicyclic) bond motifs is 1. The van der Waals surface area contributed by atoms with Crippen LogP contribution in [0.15, 0.2) is 47.4 Å². The maximum absolute atomic E-state index is 12.8. The third-order valence-electron chi connectivity index (χ3n) is 6.40. The molecule has 0 spiro atoms. The highest BCUT2D eigenvalue weighted by Crippen LogP contribution is 2.40. The number of benzene rings is 1. The average Bonchev–Trinajstić information content (AvgIpc) is 2.91. The van der Waals surface area contributed by atoms with E-state index in [1.54, 1.807) is 11.8 Å². The second kappa shape index (κ2) is 16.9. The van der Waals surface area contributed by atoms with Crippen molar-refractivity contribution in [1.82, 2.24) is 0 Å². The molecule has 8 heteroatoms. The Labute approximate surface area is 225 Å². The summed E-state index contributed by atoms with van der Waals surface area (Å²) in [7, 11) is 0. The van der Waals surface area contributed by atoms with Crippen LogP contribution in [0.2, 0.25) is 0 Å². The molecule has 1 aromatic rings. The number of ether oxygens (including phenoxy) is 5. The smallest absolute Gasteiger partial charge is 0.306 e. The van der Waals surface area contributed by atoms with E-state index in [1.807, 2.05) is 42.5 Å². The molecule has 0 N–H and O–H groups in total. The van der Waals surface area contributed by atoms with Gasteiger partial charge in [-0.2, -0.15) is 0 Å². The van der Waals surface area contributed by atoms with Gasteiger partial charge in [0.25, 0.3) is 0 Å². The minimum absolute atomic E-state index is 0.00337. The van der Waals surface area contributed by atoms with Crippen LogP contribution < -0.4 is 0 Å². The van der Waals surface area contributed by atoms with Crippen LogP contribution in [0, 0.1) is 5.92 Å². The Morgan fingerprint density at radius 2 is 1.65 bits per heavy atom. The van der Waals surface area contributed by atoms with Gasteiger partial charge in [-0.15, -0.1) is 0 Å². The molecule has 2 aliphatic rings. The van der Waals surface area contributed by atoms with Crippen LogP contribution in [0.3, 0.4) is 0 Å². The van der Waals surface area contributed by atoms with Crippen LogP contribution in [-0.2, 0) is 33.3 Å². The standard InChI is InChI=1S/C29H42O7S/c1-3-5-18-32-20-23-27(33-19-6-4-2)28-24(35-29(23)37-22-14-10-9-11-15-22)21-34-25(30)16-12-7-8-13-17-26(31)36-28/h7-11,14-15,23-24,27-29H,3-6,12-13,16-21H2,1-2H3/b8-7+/t23-,24-,27-,28-,29+/m1/s1. The zero-order valence-corrected chi connectivity index (χ0v) is 23.0. The van der Waals surface area contributed by atoms with E-state index in [9.17, 15) is 9.59 Å². The molecule has 0 aromatic heterocycles. The number of esters is 2. The summed E-state index contributed by atoms with van der Waals surface area (Å²) in [6.07, 6.45) is 7.61. The highest BCUT2D eigenvalue weighted by atomic mass is 32.2. The van der Waals surface area contributed by atoms with E-state index in [4.69, 9.17) is 23.7 Å². The number of thioether (sulfide) groups is 1. The number of hydrogen-bond acceptors (Lipinski definition) is 8. The molecule has 2 aliphatic heterocycles. The van der Waals surface area contributed by atoms with Crippen molar-refractivity contribution in [3.05, 3.63) is 42.5 Å². The van der Waals surface area contributed by atoms with Crippen molar-refractivity contribution < 1.29 is 33.3 Å². The summed E-state index contributed by atoms with van der Waals surface area (Å²) in [5.74, 6) is -0.782. The summed E-state index contributed by atoms with van der Waals surface area (Å²) in [5.41, 5.74) is -0.327. The molecule has 37 heavy (non-hydrogen) atoms. The molecule has 7 nitrogen and oxygen atoms in total. The fourth-order valence-corrected chi connectivity index (χ4v) is 5.49. The predicted molar refractivity (Wildman–Crippen MR) is 143 cm³/mol. The molecule has 5 atom stereocenters. The summed E-state index contributed by atoms with van der Waals surface area (Å²) in [6, 6.07) is 10.0. The summed E-state index contributed by atoms with van der Waals surface area (Å²) in [4.78, 5) is 26.3. The van der Waals surface area contributed by atoms with Crippen molar-refractivity contribution in [3.8, 4) is 0 Å². The van der Waals surface area contributed by atoms with E-state index in [0.29, 0.717) is 32.7 Å².